The number of rotatable bonds is 23. The molecule has 0 spiro atoms. The molecule has 0 saturated heterocycles. The van der Waals surface area contributed by atoms with E-state index in [1.165, 1.54) is 76.2 Å². The maximum absolute atomic E-state index is 13.0. The highest BCUT2D eigenvalue weighted by atomic mass is 79.9. The highest BCUT2D eigenvalue weighted by Crippen LogP contribution is 2.31. The van der Waals surface area contributed by atoms with Crippen molar-refractivity contribution < 1.29 is 18.6 Å². The molecule has 33 nitrogen and oxygen atoms in total. The van der Waals surface area contributed by atoms with Gasteiger partial charge in [-0.25, -0.2) is 29.3 Å². The minimum absolute atomic E-state index is 0.177. The zero-order valence-electron chi connectivity index (χ0n) is 73.8. The minimum atomic E-state index is -0.305. The fraction of sp³-hybridized carbons (Fsp3) is 0.133. The van der Waals surface area contributed by atoms with Gasteiger partial charge in [0.25, 0.3) is 56.7 Å². The molecule has 10 N–H and O–H groups in total. The summed E-state index contributed by atoms with van der Waals surface area (Å²) >= 11 is 15.3. The molecule has 0 amide bonds. The zero-order chi connectivity index (χ0) is 94.3. The average Bonchev–Trinajstić information content (AvgIpc) is 1.66. The molecule has 20 rings (SSSR count). The zero-order valence-corrected chi connectivity index (χ0v) is 76.9. The summed E-state index contributed by atoms with van der Waals surface area (Å²) in [5.41, 5.74) is 16.4. The van der Waals surface area contributed by atoms with Gasteiger partial charge >= 0.3 is 0 Å². The number of methoxy groups -OCH3 is 3. The smallest absolute Gasteiger partial charge is 0.274 e. The van der Waals surface area contributed by atoms with Gasteiger partial charge in [0.2, 0.25) is 0 Å². The van der Waals surface area contributed by atoms with Gasteiger partial charge in [-0.2, -0.15) is 47.5 Å². The lowest BCUT2D eigenvalue weighted by Crippen LogP contribution is -2.17. The number of aryl methyl sites for hydroxylation is 4. The van der Waals surface area contributed by atoms with Crippen LogP contribution in [0.15, 0.2) is 289 Å². The lowest BCUT2D eigenvalue weighted by atomic mass is 10.1. The second kappa shape index (κ2) is 41.6. The number of hydrogen-bond acceptors (Lipinski definition) is 23. The van der Waals surface area contributed by atoms with E-state index in [1.54, 1.807) is 57.7 Å². The van der Waals surface area contributed by atoms with Crippen molar-refractivity contribution in [3.05, 3.63) is 389 Å². The predicted octanol–water partition coefficient (Wildman–Crippen LogP) is 17.3. The van der Waals surface area contributed by atoms with Crippen molar-refractivity contribution in [3.63, 3.8) is 0 Å². The number of aromatic amines is 5. The highest BCUT2D eigenvalue weighted by molar-refractivity contribution is 9.10. The summed E-state index contributed by atoms with van der Waals surface area (Å²) in [5.74, 6) is 6.35. The molecule has 135 heavy (non-hydrogen) atoms. The topological polar surface area (TPSA) is 403 Å². The van der Waals surface area contributed by atoms with E-state index in [0.717, 1.165) is 83.2 Å². The van der Waals surface area contributed by atoms with E-state index < -0.39 is 0 Å². The Kier molecular flexibility index (Phi) is 28.3. The molecule has 20 aromatic rings. The summed E-state index contributed by atoms with van der Waals surface area (Å²) in [4.78, 5) is 107. The van der Waals surface area contributed by atoms with Crippen molar-refractivity contribution in [2.45, 2.75) is 67.3 Å². The van der Waals surface area contributed by atoms with E-state index in [1.807, 2.05) is 197 Å². The number of nitrogens with zero attached hydrogens (tertiary/aromatic N) is 15. The summed E-state index contributed by atoms with van der Waals surface area (Å²) in [6, 6.07) is 78.4. The third-order valence-corrected chi connectivity index (χ3v) is 22.4. The Morgan fingerprint density at radius 1 is 0.326 bits per heavy atom. The summed E-state index contributed by atoms with van der Waals surface area (Å²) < 4.78 is 36.4. The van der Waals surface area contributed by atoms with Crippen LogP contribution in [0.3, 0.4) is 0 Å². The monoisotopic (exact) mass is 1910 g/mol. The molecule has 10 aromatic carbocycles. The van der Waals surface area contributed by atoms with Gasteiger partial charge < -0.3 is 40.8 Å². The van der Waals surface area contributed by atoms with Crippen LogP contribution in [0.25, 0.3) is 85.8 Å². The number of anilines is 5. The Bertz CT molecular complexity index is 7990. The Morgan fingerprint density at radius 2 is 0.711 bits per heavy atom. The summed E-state index contributed by atoms with van der Waals surface area (Å²) in [5, 5.41) is 32.4. The van der Waals surface area contributed by atoms with Gasteiger partial charge in [-0.1, -0.05) is 130 Å². The summed E-state index contributed by atoms with van der Waals surface area (Å²) in [6.07, 6.45) is 0. The van der Waals surface area contributed by atoms with E-state index in [0.29, 0.717) is 135 Å². The lowest BCUT2D eigenvalue weighted by Gasteiger charge is -2.12. The van der Waals surface area contributed by atoms with Gasteiger partial charge in [-0.05, 0) is 196 Å². The van der Waals surface area contributed by atoms with Crippen LogP contribution in [0.2, 0.25) is 10.0 Å². The maximum atomic E-state index is 13.0. The standard InChI is InChI=1S/C21H21N5O.C20H18ClN5O3.C19H16BrN5O.C19H16ClN5O.C19H16FN5O2/c1-13-6-4-8-16(10-13)20-24-21-23-17(11-19(27)26(21)25-20)12-22-18-9-5-7-14(2)15(18)3;1-28-15-7-8-16(17(10-15)29-2)22-11-14-9-18(27)26-20(23-14)24-19(25-26)12-3-5-13(21)6-4-12;1-12-4-2-3-5-16(12)18-23-19-22-15(10-17(26)25(19)24-18)11-21-14-8-6-13(20)7-9-14;1-12-5-2-3-8-16(12)18-23-19-22-15(10-17(26)25(19)24-18)11-21-14-7-4-6-13(20)9-14;1-27-16-8-2-12(3-9-16)18-23-19-22-15(10-17(26)25(19)24-18)11-21-14-6-4-13(20)5-7-14/h4-11,22H,12H2,1-3H3,(H,23,24,25);3-10,22H,11H2,1-2H3,(H,23,24,25);2*2-10,21H,11H2,1H3,(H,22,23,24);2-10,21H,11H2,1H3,(H,22,23,24). The largest absolute Gasteiger partial charge is 0.497 e. The highest BCUT2D eigenvalue weighted by Gasteiger charge is 2.19. The van der Waals surface area contributed by atoms with Crippen LogP contribution in [0.1, 0.15) is 56.3 Å². The average molecular weight is 1910 g/mol. The molecule has 0 bridgehead atoms. The lowest BCUT2D eigenvalue weighted by molar-refractivity contribution is 0.395. The summed E-state index contributed by atoms with van der Waals surface area (Å²) in [7, 11) is 4.77. The second-order valence-corrected chi connectivity index (χ2v) is 32.6. The number of benzene rings is 10. The van der Waals surface area contributed by atoms with E-state index in [2.05, 4.69) is 138 Å². The van der Waals surface area contributed by atoms with E-state index in [9.17, 15) is 28.4 Å². The first kappa shape index (κ1) is 91.6. The van der Waals surface area contributed by atoms with E-state index in [-0.39, 0.29) is 39.4 Å². The van der Waals surface area contributed by atoms with Gasteiger partial charge in [-0.15, -0.1) is 0 Å². The number of nitrogens with one attached hydrogen (secondary N) is 10. The molecular weight excluding hydrogens is 1830 g/mol. The first-order chi connectivity index (χ1) is 65.4. The van der Waals surface area contributed by atoms with Crippen LogP contribution < -0.4 is 68.6 Å². The molecule has 37 heteroatoms. The molecule has 0 unspecified atom stereocenters. The fourth-order valence-corrected chi connectivity index (χ4v) is 14.7. The fourth-order valence-electron chi connectivity index (χ4n) is 14.1. The van der Waals surface area contributed by atoms with Gasteiger partial charge in [0.15, 0.2) is 29.1 Å². The molecule has 0 aliphatic carbocycles. The Morgan fingerprint density at radius 3 is 1.16 bits per heavy atom. The maximum Gasteiger partial charge on any atom is 0.274 e. The summed E-state index contributed by atoms with van der Waals surface area (Å²) in [6.45, 7) is 12.1. The van der Waals surface area contributed by atoms with Crippen molar-refractivity contribution in [1.82, 2.24) is 97.9 Å². The van der Waals surface area contributed by atoms with Crippen molar-refractivity contribution in [2.75, 3.05) is 47.9 Å². The van der Waals surface area contributed by atoms with Crippen LogP contribution in [0.5, 0.6) is 17.2 Å². The molecule has 0 aliphatic rings. The van der Waals surface area contributed by atoms with Gasteiger partial charge in [0.05, 0.1) is 88.2 Å². The first-order valence-electron chi connectivity index (χ1n) is 42.2. The molecule has 680 valence electrons. The molecule has 0 atom stereocenters. The molecule has 0 aliphatic heterocycles. The quantitative estimate of drug-likeness (QED) is 0.0284. The predicted molar refractivity (Wildman–Crippen MR) is 525 cm³/mol. The molecule has 10 aromatic heterocycles. The van der Waals surface area contributed by atoms with Crippen LogP contribution >= 0.6 is 39.1 Å². The Hall–Kier alpha value is -16.7. The number of aromatic nitrogens is 20. The minimum Gasteiger partial charge on any atom is -0.497 e. The van der Waals surface area contributed by atoms with Crippen molar-refractivity contribution in [1.29, 1.82) is 0 Å². The number of ether oxygens (including phenoxy) is 3. The number of H-pyrrole nitrogens is 5. The van der Waals surface area contributed by atoms with Gasteiger partial charge in [0, 0.05) is 101 Å². The third-order valence-electron chi connectivity index (χ3n) is 21.4. The number of halogens is 4. The first-order valence-corrected chi connectivity index (χ1v) is 43.7. The molecule has 0 saturated carbocycles. The number of hydrogen-bond donors (Lipinski definition) is 10. The van der Waals surface area contributed by atoms with Gasteiger partial charge in [0.1, 0.15) is 23.1 Å². The number of fused-ring (bicyclic) bond motifs is 5. The van der Waals surface area contributed by atoms with Crippen LogP contribution in [0.4, 0.5) is 32.8 Å². The van der Waals surface area contributed by atoms with Crippen molar-refractivity contribution >= 4 is 96.5 Å². The molecule has 10 heterocycles. The third kappa shape index (κ3) is 22.5. The van der Waals surface area contributed by atoms with Crippen LogP contribution in [0, 0.1) is 40.4 Å². The van der Waals surface area contributed by atoms with Gasteiger partial charge in [-0.3, -0.25) is 49.5 Å². The Balaban J connectivity index is 0.000000123. The molecule has 0 radical (unpaired) electrons. The Labute approximate surface area is 786 Å². The van der Waals surface area contributed by atoms with Crippen LogP contribution in [-0.4, -0.2) is 119 Å². The van der Waals surface area contributed by atoms with Crippen molar-refractivity contribution in [2.24, 2.45) is 0 Å². The van der Waals surface area contributed by atoms with E-state index >= 15 is 0 Å². The van der Waals surface area contributed by atoms with Crippen molar-refractivity contribution in [3.8, 4) is 74.2 Å². The SMILES string of the molecule is COc1ccc(-c2nc3nc(CNc4ccc(F)cc4)cc(=O)n3[nH]2)cc1.COc1ccc(NCc2cc(=O)n3[nH]c(-c4ccc(Cl)cc4)nc3n2)c(OC)c1.Cc1cccc(-c2nc3nc(CNc4cccc(C)c4C)cc(=O)n3[nH]2)c1.Cc1ccccc1-c1nc2nc(CNc3ccc(Br)cc3)cc(=O)n2[nH]1.Cc1ccccc1-c1nc2nc(CNc3cccc(Cl)c3)cc(=O)n2[nH]1. The van der Waals surface area contributed by atoms with Crippen LogP contribution in [-0.2, 0) is 32.7 Å². The molecular formula is C98H87BrCl2FN25O8. The van der Waals surface area contributed by atoms with E-state index in [4.69, 9.17) is 37.4 Å². The second-order valence-electron chi connectivity index (χ2n) is 30.8. The normalized spacial score (nSPS) is 11.0. The molecule has 0 fully saturated rings.